The van der Waals surface area contributed by atoms with E-state index in [0.717, 1.165) is 5.56 Å². The molecule has 38 heavy (non-hydrogen) atoms. The number of nitrogens with zero attached hydrogens (tertiary/aromatic N) is 2. The number of carbonyl (C=O) groups is 1. The second kappa shape index (κ2) is 10.9. The number of fused-ring (bicyclic) bond motifs is 2. The Labute approximate surface area is 229 Å². The summed E-state index contributed by atoms with van der Waals surface area (Å²) in [6.07, 6.45) is 1.82. The van der Waals surface area contributed by atoms with Crippen molar-refractivity contribution in [1.82, 2.24) is 19.6 Å². The van der Waals surface area contributed by atoms with Crippen molar-refractivity contribution in [1.29, 1.82) is 0 Å². The molecule has 2 aromatic rings. The lowest BCUT2D eigenvalue weighted by molar-refractivity contribution is -0.127. The molecule has 2 unspecified atom stereocenters. The minimum atomic E-state index is -3.57. The third-order valence-electron chi connectivity index (χ3n) is 7.42. The van der Waals surface area contributed by atoms with Crippen LogP contribution in [0, 0.1) is 17.8 Å². The molecule has 1 amide bonds. The molecule has 0 radical (unpaired) electrons. The normalized spacial score (nSPS) is 26.3. The van der Waals surface area contributed by atoms with Crippen LogP contribution in [-0.2, 0) is 24.8 Å². The summed E-state index contributed by atoms with van der Waals surface area (Å²) < 4.78 is 55.5. The Bertz CT molecular complexity index is 1340. The average Bonchev–Trinajstić information content (AvgIpc) is 3.26. The lowest BCUT2D eigenvalue weighted by Crippen LogP contribution is -2.56. The number of sulfonamides is 2. The van der Waals surface area contributed by atoms with E-state index in [-0.39, 0.29) is 35.7 Å². The van der Waals surface area contributed by atoms with Crippen LogP contribution >= 0.6 is 11.3 Å². The van der Waals surface area contributed by atoms with Crippen LogP contribution in [0.4, 0.5) is 5.13 Å². The molecule has 3 N–H and O–H groups in total. The van der Waals surface area contributed by atoms with Crippen LogP contribution in [0.2, 0.25) is 0 Å². The highest BCUT2D eigenvalue weighted by Gasteiger charge is 2.49. The third kappa shape index (κ3) is 6.44. The van der Waals surface area contributed by atoms with Crippen LogP contribution in [0.25, 0.3) is 10.6 Å². The highest BCUT2D eigenvalue weighted by Crippen LogP contribution is 2.46. The van der Waals surface area contributed by atoms with Crippen LogP contribution in [0.15, 0.2) is 30.3 Å². The summed E-state index contributed by atoms with van der Waals surface area (Å²) in [5.41, 5.74) is 0.911. The van der Waals surface area contributed by atoms with Gasteiger partial charge in [-0.05, 0) is 72.1 Å². The van der Waals surface area contributed by atoms with Gasteiger partial charge < -0.3 is 5.32 Å². The lowest BCUT2D eigenvalue weighted by Gasteiger charge is -2.48. The van der Waals surface area contributed by atoms with E-state index >= 15 is 0 Å². The van der Waals surface area contributed by atoms with Crippen molar-refractivity contribution in [3.63, 3.8) is 0 Å². The topological polar surface area (TPSA) is 147 Å². The number of rotatable bonds is 8. The fourth-order valence-electron chi connectivity index (χ4n) is 5.36. The second-order valence-corrected chi connectivity index (χ2v) is 17.3. The van der Waals surface area contributed by atoms with E-state index < -0.39 is 30.0 Å². The summed E-state index contributed by atoms with van der Waals surface area (Å²) in [6, 6.07) is 8.97. The van der Waals surface area contributed by atoms with E-state index in [4.69, 9.17) is 0 Å². The molecule has 1 heterocycles. The maximum Gasteiger partial charge on any atom is 0.229 e. The first-order valence-corrected chi connectivity index (χ1v) is 16.7. The standard InChI is InChI=1S/C25H37N5O5S3/c1-15(2)37(32,33)29-19-11-17-13-20(30-38(34,35)25(3,4)5)14-18(12-19)21(17)22(31)26-24-28-27-23(36-24)16-9-7-6-8-10-16/h6-10,15,17-21,29-30H,11-14H2,1-5H3,(H,26,28,31). The number of benzene rings is 1. The van der Waals surface area contributed by atoms with Crippen LogP contribution in [0.1, 0.15) is 60.3 Å². The molecule has 0 aliphatic heterocycles. The monoisotopic (exact) mass is 583 g/mol. The van der Waals surface area contributed by atoms with Gasteiger partial charge >= 0.3 is 0 Å². The molecular weight excluding hydrogens is 547 g/mol. The molecule has 2 saturated carbocycles. The number of hydrogen-bond donors (Lipinski definition) is 3. The first kappa shape index (κ1) is 29.1. The fraction of sp³-hybridized carbons (Fsp3) is 0.640. The van der Waals surface area contributed by atoms with Crippen molar-refractivity contribution >= 4 is 42.4 Å². The van der Waals surface area contributed by atoms with Crippen molar-refractivity contribution in [2.24, 2.45) is 17.8 Å². The van der Waals surface area contributed by atoms with Gasteiger partial charge in [-0.2, -0.15) is 0 Å². The molecule has 0 spiro atoms. The zero-order valence-corrected chi connectivity index (χ0v) is 24.8. The number of amides is 1. The first-order valence-electron chi connectivity index (χ1n) is 12.9. The molecule has 2 aliphatic rings. The number of carbonyl (C=O) groups excluding carboxylic acids is 1. The highest BCUT2D eigenvalue weighted by molar-refractivity contribution is 7.90. The smallest absolute Gasteiger partial charge is 0.229 e. The highest BCUT2D eigenvalue weighted by atomic mass is 32.2. The SMILES string of the molecule is CC(C)S(=O)(=O)NC1CC2CC(NS(=O)(=O)C(C)(C)C)CC(C1)C2C(=O)Nc1nnc(-c2ccccc2)s1. The van der Waals surface area contributed by atoms with Gasteiger partial charge in [0.25, 0.3) is 0 Å². The van der Waals surface area contributed by atoms with Crippen molar-refractivity contribution in [3.8, 4) is 10.6 Å². The molecule has 2 aliphatic carbocycles. The minimum Gasteiger partial charge on any atom is -0.300 e. The zero-order chi connectivity index (χ0) is 27.9. The van der Waals surface area contributed by atoms with Crippen LogP contribution in [0.5, 0.6) is 0 Å². The average molecular weight is 584 g/mol. The maximum absolute atomic E-state index is 13.5. The van der Waals surface area contributed by atoms with Gasteiger partial charge in [-0.25, -0.2) is 26.3 Å². The van der Waals surface area contributed by atoms with Crippen LogP contribution in [0.3, 0.4) is 0 Å². The molecule has 1 aromatic carbocycles. The van der Waals surface area contributed by atoms with E-state index in [1.54, 1.807) is 34.6 Å². The van der Waals surface area contributed by atoms with E-state index in [9.17, 15) is 21.6 Å². The molecule has 2 fully saturated rings. The van der Waals surface area contributed by atoms with E-state index in [1.807, 2.05) is 30.3 Å². The zero-order valence-electron chi connectivity index (χ0n) is 22.3. The Morgan fingerprint density at radius 2 is 1.47 bits per heavy atom. The summed E-state index contributed by atoms with van der Waals surface area (Å²) in [4.78, 5) is 13.5. The van der Waals surface area contributed by atoms with Gasteiger partial charge in [-0.15, -0.1) is 10.2 Å². The minimum absolute atomic E-state index is 0.182. The predicted octanol–water partition coefficient (Wildman–Crippen LogP) is 3.36. The molecule has 2 atom stereocenters. The number of aromatic nitrogens is 2. The fourth-order valence-corrected chi connectivity index (χ4v) is 8.03. The quantitative estimate of drug-likeness (QED) is 0.432. The first-order chi connectivity index (χ1) is 17.7. The summed E-state index contributed by atoms with van der Waals surface area (Å²) in [7, 11) is -7.05. The van der Waals surface area contributed by atoms with Crippen LogP contribution < -0.4 is 14.8 Å². The maximum atomic E-state index is 13.5. The van der Waals surface area contributed by atoms with Crippen molar-refractivity contribution < 1.29 is 21.6 Å². The van der Waals surface area contributed by atoms with Gasteiger partial charge in [0.15, 0.2) is 0 Å². The van der Waals surface area contributed by atoms with Crippen molar-refractivity contribution in [2.75, 3.05) is 5.32 Å². The van der Waals surface area contributed by atoms with Gasteiger partial charge in [0.05, 0.1) is 10.00 Å². The largest absolute Gasteiger partial charge is 0.300 e. The summed E-state index contributed by atoms with van der Waals surface area (Å²) in [5, 5.41) is 11.8. The molecule has 13 heteroatoms. The molecule has 2 bridgehead atoms. The van der Waals surface area contributed by atoms with Crippen molar-refractivity contribution in [2.45, 2.75) is 82.4 Å². The lowest BCUT2D eigenvalue weighted by atomic mass is 9.61. The molecule has 4 rings (SSSR count). The van der Waals surface area contributed by atoms with Gasteiger partial charge in [0, 0.05) is 23.6 Å². The van der Waals surface area contributed by atoms with Gasteiger partial charge in [-0.3, -0.25) is 4.79 Å². The van der Waals surface area contributed by atoms with E-state index in [1.165, 1.54) is 11.3 Å². The number of nitrogens with one attached hydrogen (secondary N) is 3. The predicted molar refractivity (Wildman–Crippen MR) is 149 cm³/mol. The Kier molecular flexibility index (Phi) is 8.35. The summed E-state index contributed by atoms with van der Waals surface area (Å²) in [5.74, 6) is -0.958. The summed E-state index contributed by atoms with van der Waals surface area (Å²) in [6.45, 7) is 8.21. The Morgan fingerprint density at radius 1 is 0.921 bits per heavy atom. The van der Waals surface area contributed by atoms with Crippen molar-refractivity contribution in [3.05, 3.63) is 30.3 Å². The van der Waals surface area contributed by atoms with E-state index in [2.05, 4.69) is 25.0 Å². The number of hydrogen-bond acceptors (Lipinski definition) is 8. The molecule has 210 valence electrons. The molecule has 10 nitrogen and oxygen atoms in total. The van der Waals surface area contributed by atoms with Crippen LogP contribution in [-0.4, -0.2) is 55.0 Å². The Morgan fingerprint density at radius 3 is 2.00 bits per heavy atom. The Balaban J connectivity index is 1.52. The summed E-state index contributed by atoms with van der Waals surface area (Å²) >= 11 is 1.29. The molecular formula is C25H37N5O5S3. The Hall–Kier alpha value is -1.93. The van der Waals surface area contributed by atoms with Gasteiger partial charge in [0.2, 0.25) is 31.1 Å². The van der Waals surface area contributed by atoms with Gasteiger partial charge in [-0.1, -0.05) is 41.7 Å². The third-order valence-corrected chi connectivity index (χ3v) is 12.5. The second-order valence-electron chi connectivity index (χ2n) is 11.6. The number of anilines is 1. The molecule has 0 saturated heterocycles. The van der Waals surface area contributed by atoms with E-state index in [0.29, 0.717) is 35.8 Å². The molecule has 1 aromatic heterocycles. The van der Waals surface area contributed by atoms with Gasteiger partial charge in [0.1, 0.15) is 5.01 Å².